The Labute approximate surface area is 69.2 Å². The summed E-state index contributed by atoms with van der Waals surface area (Å²) in [5.74, 6) is 0. The van der Waals surface area contributed by atoms with Gasteiger partial charge in [0.15, 0.2) is 0 Å². The molecule has 0 aliphatic rings. The number of rotatable bonds is 0. The summed E-state index contributed by atoms with van der Waals surface area (Å²) >= 11 is 0. The third-order valence-electron chi connectivity index (χ3n) is 1.03. The summed E-state index contributed by atoms with van der Waals surface area (Å²) in [6.07, 6.45) is 0. The summed E-state index contributed by atoms with van der Waals surface area (Å²) in [5.41, 5.74) is 2.18. The minimum atomic E-state index is -3.67. The van der Waals surface area contributed by atoms with Crippen LogP contribution in [0.5, 0.6) is 0 Å². The van der Waals surface area contributed by atoms with Crippen molar-refractivity contribution in [3.8, 4) is 0 Å². The van der Waals surface area contributed by atoms with Gasteiger partial charge in [-0.25, -0.2) is 0 Å². The van der Waals surface area contributed by atoms with E-state index in [0.717, 1.165) is 11.4 Å². The molecule has 1 aromatic rings. The van der Waals surface area contributed by atoms with E-state index in [4.69, 9.17) is 0 Å². The quantitative estimate of drug-likeness (QED) is 0.593. The van der Waals surface area contributed by atoms with E-state index >= 15 is 0 Å². The highest BCUT2D eigenvalue weighted by atomic mass is 19.4. The largest absolute Gasteiger partial charge is 0.379 e. The Balaban J connectivity index is 0.000000261. The number of halogens is 3. The fraction of sp³-hybridized carbons (Fsp3) is 0.375. The lowest BCUT2D eigenvalue weighted by molar-refractivity contribution is 0.00819. The van der Waals surface area contributed by atoms with Crippen molar-refractivity contribution in [2.75, 3.05) is 0 Å². The van der Waals surface area contributed by atoms with Crippen molar-refractivity contribution in [1.29, 1.82) is 0 Å². The Kier molecular flexibility index (Phi) is 5.08. The van der Waals surface area contributed by atoms with Crippen LogP contribution in [0.3, 0.4) is 0 Å². The van der Waals surface area contributed by atoms with Crippen molar-refractivity contribution in [3.63, 3.8) is 0 Å². The molecule has 0 fully saturated rings. The van der Waals surface area contributed by atoms with Crippen molar-refractivity contribution in [3.05, 3.63) is 29.6 Å². The molecule has 0 radical (unpaired) electrons. The summed E-state index contributed by atoms with van der Waals surface area (Å²) in [6.45, 7) is 0.319. The normalized spacial score (nSPS) is 9.17. The number of hydrogen-bond acceptors (Lipinski definition) is 1. The SMILES string of the molecule is Cc1cccc(C)n1.FC(F)F. The van der Waals surface area contributed by atoms with Crippen LogP contribution < -0.4 is 0 Å². The smallest absolute Gasteiger partial charge is 0.258 e. The standard InChI is InChI=1S/C7H9N.CHF3/c1-6-4-3-5-7(2)8-6;2-1(3)4/h3-5H,1-2H3;1H. The molecule has 12 heavy (non-hydrogen) atoms. The fourth-order valence-electron chi connectivity index (χ4n) is 0.679. The van der Waals surface area contributed by atoms with E-state index in [-0.39, 0.29) is 0 Å². The molecule has 0 spiro atoms. The summed E-state index contributed by atoms with van der Waals surface area (Å²) in [7, 11) is 0. The van der Waals surface area contributed by atoms with Gasteiger partial charge in [0.05, 0.1) is 0 Å². The van der Waals surface area contributed by atoms with Gasteiger partial charge in [0, 0.05) is 11.4 Å². The predicted octanol–water partition coefficient (Wildman–Crippen LogP) is 2.88. The number of nitrogens with zero attached hydrogens (tertiary/aromatic N) is 1. The van der Waals surface area contributed by atoms with Crippen molar-refractivity contribution in [2.45, 2.75) is 20.5 Å². The molecular weight excluding hydrogens is 167 g/mol. The van der Waals surface area contributed by atoms with E-state index in [1.54, 1.807) is 0 Å². The third-order valence-corrected chi connectivity index (χ3v) is 1.03. The molecule has 0 atom stereocenters. The van der Waals surface area contributed by atoms with Crippen molar-refractivity contribution >= 4 is 0 Å². The summed E-state index contributed by atoms with van der Waals surface area (Å²) in [6, 6.07) is 6.00. The zero-order valence-electron chi connectivity index (χ0n) is 6.89. The molecule has 0 aliphatic heterocycles. The first-order valence-electron chi connectivity index (χ1n) is 3.35. The highest BCUT2D eigenvalue weighted by Gasteiger charge is 1.86. The highest BCUT2D eigenvalue weighted by Crippen LogP contribution is 1.93. The maximum absolute atomic E-state index is 9.67. The Hall–Kier alpha value is -1.06. The summed E-state index contributed by atoms with van der Waals surface area (Å²) in [4.78, 5) is 4.17. The molecule has 0 saturated heterocycles. The van der Waals surface area contributed by atoms with E-state index in [9.17, 15) is 13.2 Å². The summed E-state index contributed by atoms with van der Waals surface area (Å²) in [5, 5.41) is 0. The molecule has 0 aromatic carbocycles. The average molecular weight is 177 g/mol. The van der Waals surface area contributed by atoms with Crippen LogP contribution in [0.25, 0.3) is 0 Å². The minimum Gasteiger partial charge on any atom is -0.258 e. The molecule has 0 saturated carbocycles. The molecule has 1 aromatic heterocycles. The molecule has 0 amide bonds. The Bertz CT molecular complexity index is 205. The van der Waals surface area contributed by atoms with E-state index in [2.05, 4.69) is 4.98 Å². The second-order valence-electron chi connectivity index (χ2n) is 2.17. The van der Waals surface area contributed by atoms with Gasteiger partial charge in [-0.3, -0.25) is 4.98 Å². The molecule has 4 heteroatoms. The third kappa shape index (κ3) is 7.05. The van der Waals surface area contributed by atoms with Crippen molar-refractivity contribution in [2.24, 2.45) is 0 Å². The van der Waals surface area contributed by atoms with E-state index in [0.29, 0.717) is 0 Å². The minimum absolute atomic E-state index is 1.09. The number of aryl methyl sites for hydroxylation is 2. The Morgan fingerprint density at radius 1 is 1.08 bits per heavy atom. The second kappa shape index (κ2) is 5.57. The Morgan fingerprint density at radius 2 is 1.42 bits per heavy atom. The number of pyridine rings is 1. The average Bonchev–Trinajstić information content (AvgIpc) is 1.84. The van der Waals surface area contributed by atoms with E-state index in [1.165, 1.54) is 0 Å². The van der Waals surface area contributed by atoms with Crippen LogP contribution in [0, 0.1) is 13.8 Å². The van der Waals surface area contributed by atoms with Gasteiger partial charge in [-0.2, -0.15) is 13.2 Å². The van der Waals surface area contributed by atoms with Crippen LogP contribution in [-0.2, 0) is 0 Å². The fourth-order valence-corrected chi connectivity index (χ4v) is 0.679. The zero-order chi connectivity index (χ0) is 9.56. The van der Waals surface area contributed by atoms with Crippen LogP contribution in [0.15, 0.2) is 18.2 Å². The van der Waals surface area contributed by atoms with Crippen LogP contribution in [0.1, 0.15) is 11.4 Å². The Morgan fingerprint density at radius 3 is 1.58 bits per heavy atom. The molecule has 0 N–H and O–H groups in total. The van der Waals surface area contributed by atoms with E-state index < -0.39 is 6.68 Å². The highest BCUT2D eigenvalue weighted by molar-refractivity contribution is 5.07. The van der Waals surface area contributed by atoms with Gasteiger partial charge in [0.25, 0.3) is 0 Å². The van der Waals surface area contributed by atoms with Crippen LogP contribution in [-0.4, -0.2) is 11.7 Å². The molecule has 1 heterocycles. The van der Waals surface area contributed by atoms with Crippen molar-refractivity contribution < 1.29 is 13.2 Å². The number of aromatic nitrogens is 1. The molecule has 1 rings (SSSR count). The first-order valence-corrected chi connectivity index (χ1v) is 3.35. The monoisotopic (exact) mass is 177 g/mol. The topological polar surface area (TPSA) is 12.9 Å². The van der Waals surface area contributed by atoms with Gasteiger partial charge in [0.2, 0.25) is 0 Å². The molecule has 0 aliphatic carbocycles. The van der Waals surface area contributed by atoms with Crippen LogP contribution >= 0.6 is 0 Å². The lowest BCUT2D eigenvalue weighted by Crippen LogP contribution is -1.81. The predicted molar refractivity (Wildman–Crippen MR) is 40.8 cm³/mol. The van der Waals surface area contributed by atoms with Crippen LogP contribution in [0.4, 0.5) is 13.2 Å². The lowest BCUT2D eigenvalue weighted by Gasteiger charge is -1.90. The van der Waals surface area contributed by atoms with Gasteiger partial charge in [0.1, 0.15) is 0 Å². The van der Waals surface area contributed by atoms with E-state index in [1.807, 2.05) is 32.0 Å². The first-order chi connectivity index (χ1) is 5.52. The van der Waals surface area contributed by atoms with Gasteiger partial charge < -0.3 is 0 Å². The molecule has 0 bridgehead atoms. The van der Waals surface area contributed by atoms with Gasteiger partial charge in [-0.15, -0.1) is 0 Å². The van der Waals surface area contributed by atoms with Gasteiger partial charge >= 0.3 is 6.68 Å². The van der Waals surface area contributed by atoms with Gasteiger partial charge in [-0.1, -0.05) is 6.07 Å². The number of hydrogen-bond donors (Lipinski definition) is 0. The molecule has 68 valence electrons. The maximum atomic E-state index is 9.67. The zero-order valence-corrected chi connectivity index (χ0v) is 6.89. The lowest BCUT2D eigenvalue weighted by atomic mass is 10.3. The van der Waals surface area contributed by atoms with Gasteiger partial charge in [-0.05, 0) is 26.0 Å². The van der Waals surface area contributed by atoms with Crippen molar-refractivity contribution in [1.82, 2.24) is 4.98 Å². The molecular formula is C8H10F3N. The van der Waals surface area contributed by atoms with Crippen LogP contribution in [0.2, 0.25) is 0 Å². The molecule has 1 nitrogen and oxygen atoms in total. The summed E-state index contributed by atoms with van der Waals surface area (Å²) < 4.78 is 29.0. The first kappa shape index (κ1) is 10.9. The maximum Gasteiger partial charge on any atom is 0.379 e. The number of alkyl halides is 3. The molecule has 0 unspecified atom stereocenters. The second-order valence-corrected chi connectivity index (χ2v) is 2.17.